The topological polar surface area (TPSA) is 69.7 Å². The number of ether oxygens (including phenoxy) is 3. The third-order valence-corrected chi connectivity index (χ3v) is 6.29. The van der Waals surface area contributed by atoms with Gasteiger partial charge < -0.3 is 19.5 Å². The van der Waals surface area contributed by atoms with Crippen LogP contribution in [0.3, 0.4) is 0 Å². The average Bonchev–Trinajstić information content (AvgIpc) is 3.11. The van der Waals surface area contributed by atoms with Gasteiger partial charge in [-0.3, -0.25) is 4.79 Å². The second kappa shape index (κ2) is 9.86. The minimum absolute atomic E-state index is 0.0576. The van der Waals surface area contributed by atoms with E-state index >= 15 is 0 Å². The number of nitrogens with zero attached hydrogens (tertiary/aromatic N) is 1. The highest BCUT2D eigenvalue weighted by molar-refractivity contribution is 7.99. The number of thiazole rings is 1. The number of nitrogens with one attached hydrogen (secondary N) is 1. The molecule has 0 radical (unpaired) electrons. The van der Waals surface area contributed by atoms with E-state index in [-0.39, 0.29) is 5.91 Å². The molecule has 6 nitrogen and oxygen atoms in total. The lowest BCUT2D eigenvalue weighted by Gasteiger charge is -2.10. The molecule has 1 aliphatic heterocycles. The molecule has 0 saturated carbocycles. The fraction of sp³-hybridized carbons (Fsp3) is 0.273. The maximum absolute atomic E-state index is 12.3. The van der Waals surface area contributed by atoms with E-state index in [4.69, 9.17) is 14.2 Å². The van der Waals surface area contributed by atoms with Crippen molar-refractivity contribution >= 4 is 34.7 Å². The Morgan fingerprint density at radius 2 is 2.07 bits per heavy atom. The van der Waals surface area contributed by atoms with E-state index in [0.29, 0.717) is 36.2 Å². The van der Waals surface area contributed by atoms with Gasteiger partial charge in [-0.15, -0.1) is 23.1 Å². The molecule has 156 valence electrons. The van der Waals surface area contributed by atoms with Crippen LogP contribution < -0.4 is 19.5 Å². The Morgan fingerprint density at radius 3 is 2.93 bits per heavy atom. The summed E-state index contributed by atoms with van der Waals surface area (Å²) in [5.74, 6) is 3.17. The minimum atomic E-state index is -0.0576. The predicted octanol–water partition coefficient (Wildman–Crippen LogP) is 4.85. The normalized spacial score (nSPS) is 12.8. The predicted molar refractivity (Wildman–Crippen MR) is 121 cm³/mol. The number of hydrogen-bond donors (Lipinski definition) is 1. The molecular weight excluding hydrogens is 420 g/mol. The molecule has 0 spiro atoms. The van der Waals surface area contributed by atoms with Crippen LogP contribution in [0.2, 0.25) is 0 Å². The summed E-state index contributed by atoms with van der Waals surface area (Å²) in [6, 6.07) is 13.3. The summed E-state index contributed by atoms with van der Waals surface area (Å²) in [6.07, 6.45) is 0.850. The smallest absolute Gasteiger partial charge is 0.234 e. The molecule has 4 rings (SSSR count). The molecule has 0 aliphatic carbocycles. The number of thioether (sulfide) groups is 1. The van der Waals surface area contributed by atoms with Gasteiger partial charge in [-0.05, 0) is 24.3 Å². The van der Waals surface area contributed by atoms with Crippen molar-refractivity contribution < 1.29 is 19.0 Å². The van der Waals surface area contributed by atoms with Crippen LogP contribution in [0.5, 0.6) is 17.2 Å². The van der Waals surface area contributed by atoms with E-state index in [1.54, 1.807) is 18.4 Å². The van der Waals surface area contributed by atoms with Crippen molar-refractivity contribution in [3.8, 4) is 27.8 Å². The number of benzene rings is 2. The highest BCUT2D eigenvalue weighted by Gasteiger charge is 2.12. The Hall–Kier alpha value is -2.71. The molecule has 0 unspecified atom stereocenters. The molecule has 30 heavy (non-hydrogen) atoms. The Balaban J connectivity index is 1.28. The first kappa shape index (κ1) is 20.6. The molecule has 1 N–H and O–H groups in total. The number of rotatable bonds is 7. The first-order chi connectivity index (χ1) is 14.7. The molecule has 0 fully saturated rings. The van der Waals surface area contributed by atoms with Crippen molar-refractivity contribution in [2.24, 2.45) is 0 Å². The van der Waals surface area contributed by atoms with Gasteiger partial charge in [0.25, 0.3) is 0 Å². The third kappa shape index (κ3) is 5.25. The third-order valence-electron chi connectivity index (χ3n) is 4.38. The largest absolute Gasteiger partial charge is 0.497 e. The standard InChI is InChI=1S/C22H22N2O4S2/c1-26-18-5-2-4-15(10-18)22-24-17(13-30-22)12-29-14-21(25)23-16-6-7-19-20(11-16)28-9-3-8-27-19/h2,4-7,10-11,13H,3,8-9,12,14H2,1H3,(H,23,25). The lowest BCUT2D eigenvalue weighted by molar-refractivity contribution is -0.113. The van der Waals surface area contributed by atoms with Gasteiger partial charge in [0.2, 0.25) is 5.91 Å². The molecule has 1 aliphatic rings. The molecule has 0 bridgehead atoms. The van der Waals surface area contributed by atoms with Gasteiger partial charge in [-0.2, -0.15) is 0 Å². The highest BCUT2D eigenvalue weighted by atomic mass is 32.2. The van der Waals surface area contributed by atoms with Crippen molar-refractivity contribution in [3.63, 3.8) is 0 Å². The highest BCUT2D eigenvalue weighted by Crippen LogP contribution is 2.32. The molecule has 2 aromatic carbocycles. The molecule has 0 atom stereocenters. The van der Waals surface area contributed by atoms with Crippen molar-refractivity contribution in [1.82, 2.24) is 4.98 Å². The zero-order chi connectivity index (χ0) is 20.8. The van der Waals surface area contributed by atoms with Crippen LogP contribution in [0, 0.1) is 0 Å². The summed E-state index contributed by atoms with van der Waals surface area (Å²) in [5, 5.41) is 5.89. The number of carbonyl (C=O) groups is 1. The molecule has 0 saturated heterocycles. The van der Waals surface area contributed by atoms with Crippen molar-refractivity contribution in [2.45, 2.75) is 12.2 Å². The maximum atomic E-state index is 12.3. The number of methoxy groups -OCH3 is 1. The average molecular weight is 443 g/mol. The quantitative estimate of drug-likeness (QED) is 0.564. The van der Waals surface area contributed by atoms with Crippen LogP contribution in [-0.4, -0.2) is 37.0 Å². The summed E-state index contributed by atoms with van der Waals surface area (Å²) in [4.78, 5) is 17.0. The fourth-order valence-electron chi connectivity index (χ4n) is 2.95. The van der Waals surface area contributed by atoms with Crippen LogP contribution in [0.1, 0.15) is 12.1 Å². The number of fused-ring (bicyclic) bond motifs is 1. The van der Waals surface area contributed by atoms with E-state index in [0.717, 1.165) is 34.2 Å². The molecule has 8 heteroatoms. The van der Waals surface area contributed by atoms with Crippen LogP contribution >= 0.6 is 23.1 Å². The Kier molecular flexibility index (Phi) is 6.76. The van der Waals surface area contributed by atoms with Crippen LogP contribution in [0.25, 0.3) is 10.6 Å². The lowest BCUT2D eigenvalue weighted by atomic mass is 10.2. The van der Waals surface area contributed by atoms with Crippen LogP contribution in [0.4, 0.5) is 5.69 Å². The minimum Gasteiger partial charge on any atom is -0.497 e. The summed E-state index contributed by atoms with van der Waals surface area (Å²) in [6.45, 7) is 1.26. The summed E-state index contributed by atoms with van der Waals surface area (Å²) in [7, 11) is 1.65. The first-order valence-corrected chi connectivity index (χ1v) is 11.6. The maximum Gasteiger partial charge on any atom is 0.234 e. The first-order valence-electron chi connectivity index (χ1n) is 9.57. The van der Waals surface area contributed by atoms with Crippen LogP contribution in [-0.2, 0) is 10.5 Å². The summed E-state index contributed by atoms with van der Waals surface area (Å²) < 4.78 is 16.6. The SMILES string of the molecule is COc1cccc(-c2nc(CSCC(=O)Nc3ccc4c(c3)OCCCO4)cs2)c1. The number of hydrogen-bond acceptors (Lipinski definition) is 7. The molecule has 1 aromatic heterocycles. The van der Waals surface area contributed by atoms with Gasteiger partial charge in [-0.25, -0.2) is 4.98 Å². The Bertz CT molecular complexity index is 1020. The Morgan fingerprint density at radius 1 is 1.20 bits per heavy atom. The number of aromatic nitrogens is 1. The van der Waals surface area contributed by atoms with Crippen molar-refractivity contribution in [1.29, 1.82) is 0 Å². The monoisotopic (exact) mass is 442 g/mol. The fourth-order valence-corrected chi connectivity index (χ4v) is 4.59. The van der Waals surface area contributed by atoms with E-state index < -0.39 is 0 Å². The molecule has 2 heterocycles. The number of carbonyl (C=O) groups excluding carboxylic acids is 1. The van der Waals surface area contributed by atoms with Crippen LogP contribution in [0.15, 0.2) is 47.8 Å². The number of amides is 1. The van der Waals surface area contributed by atoms with Gasteiger partial charge in [0.05, 0.1) is 31.8 Å². The van der Waals surface area contributed by atoms with Crippen molar-refractivity contribution in [2.75, 3.05) is 31.4 Å². The molecule has 1 amide bonds. The van der Waals surface area contributed by atoms with Crippen molar-refractivity contribution in [3.05, 3.63) is 53.5 Å². The van der Waals surface area contributed by atoms with Gasteiger partial charge in [-0.1, -0.05) is 12.1 Å². The van der Waals surface area contributed by atoms with E-state index in [2.05, 4.69) is 10.3 Å². The lowest BCUT2D eigenvalue weighted by Crippen LogP contribution is -2.14. The number of anilines is 1. The molecule has 3 aromatic rings. The second-order valence-electron chi connectivity index (χ2n) is 6.63. The van der Waals surface area contributed by atoms with Gasteiger partial charge >= 0.3 is 0 Å². The zero-order valence-corrected chi connectivity index (χ0v) is 18.2. The van der Waals surface area contributed by atoms with Gasteiger partial charge in [0, 0.05) is 34.9 Å². The molecular formula is C22H22N2O4S2. The van der Waals surface area contributed by atoms with Gasteiger partial charge in [0.1, 0.15) is 10.8 Å². The Labute approximate surface area is 183 Å². The van der Waals surface area contributed by atoms with E-state index in [1.807, 2.05) is 47.8 Å². The van der Waals surface area contributed by atoms with E-state index in [9.17, 15) is 4.79 Å². The second-order valence-corrected chi connectivity index (χ2v) is 8.47. The van der Waals surface area contributed by atoms with Gasteiger partial charge in [0.15, 0.2) is 11.5 Å². The summed E-state index contributed by atoms with van der Waals surface area (Å²) >= 11 is 3.13. The zero-order valence-electron chi connectivity index (χ0n) is 16.6. The summed E-state index contributed by atoms with van der Waals surface area (Å²) in [5.41, 5.74) is 2.70. The van der Waals surface area contributed by atoms with E-state index in [1.165, 1.54) is 11.8 Å².